The number of amides is 1. The summed E-state index contributed by atoms with van der Waals surface area (Å²) in [7, 11) is -4.54. The summed E-state index contributed by atoms with van der Waals surface area (Å²) in [4.78, 5) is 17.3. The molecule has 0 aliphatic carbocycles. The van der Waals surface area contributed by atoms with Crippen molar-refractivity contribution in [3.05, 3.63) is 24.0 Å². The number of rotatable bonds is 3. The fraction of sp³-hybridized carbons (Fsp3) is 0.455. The number of hydrogen-bond donors (Lipinski definition) is 0. The van der Waals surface area contributed by atoms with Crippen molar-refractivity contribution >= 4 is 21.8 Å². The summed E-state index contributed by atoms with van der Waals surface area (Å²) in [5.41, 5.74) is 1.34. The van der Waals surface area contributed by atoms with Crippen LogP contribution in [0.1, 0.15) is 12.1 Å². The molecule has 1 saturated heterocycles. The lowest BCUT2D eigenvalue weighted by atomic mass is 10.1. The minimum atomic E-state index is -4.54. The van der Waals surface area contributed by atoms with E-state index in [1.165, 1.54) is 4.90 Å². The second-order valence-corrected chi connectivity index (χ2v) is 5.80. The lowest BCUT2D eigenvalue weighted by Crippen LogP contribution is -2.26. The van der Waals surface area contributed by atoms with E-state index in [-0.39, 0.29) is 18.9 Å². The fourth-order valence-electron chi connectivity index (χ4n) is 2.17. The zero-order valence-corrected chi connectivity index (χ0v) is 10.7. The van der Waals surface area contributed by atoms with Gasteiger partial charge in [0.2, 0.25) is 5.91 Å². The van der Waals surface area contributed by atoms with Gasteiger partial charge in [0.15, 0.2) is 0 Å². The van der Waals surface area contributed by atoms with Crippen molar-refractivity contribution in [3.8, 4) is 0 Å². The SMILES string of the molecule is Cc1ncccc1N1CC(CS(=O)(=O)F)CC1=O. The summed E-state index contributed by atoms with van der Waals surface area (Å²) in [5, 5.41) is 0. The van der Waals surface area contributed by atoms with Gasteiger partial charge in [0.25, 0.3) is 0 Å². The summed E-state index contributed by atoms with van der Waals surface area (Å²) in [6, 6.07) is 3.45. The van der Waals surface area contributed by atoms with E-state index in [9.17, 15) is 17.1 Å². The first kappa shape index (κ1) is 12.9. The van der Waals surface area contributed by atoms with Gasteiger partial charge in [0.05, 0.1) is 17.1 Å². The van der Waals surface area contributed by atoms with Gasteiger partial charge in [-0.25, -0.2) is 0 Å². The first-order valence-electron chi connectivity index (χ1n) is 5.51. The molecule has 18 heavy (non-hydrogen) atoms. The Hall–Kier alpha value is -1.50. The number of anilines is 1. The first-order valence-corrected chi connectivity index (χ1v) is 7.06. The number of pyridine rings is 1. The second kappa shape index (κ2) is 4.64. The zero-order chi connectivity index (χ0) is 13.3. The quantitative estimate of drug-likeness (QED) is 0.771. The molecule has 1 unspecified atom stereocenters. The summed E-state index contributed by atoms with van der Waals surface area (Å²) < 4.78 is 33.8. The lowest BCUT2D eigenvalue weighted by molar-refractivity contribution is -0.117. The van der Waals surface area contributed by atoms with Crippen LogP contribution in [-0.2, 0) is 15.0 Å². The molecule has 0 bridgehead atoms. The van der Waals surface area contributed by atoms with Crippen LogP contribution >= 0.6 is 0 Å². The molecule has 0 N–H and O–H groups in total. The summed E-state index contributed by atoms with van der Waals surface area (Å²) in [5.74, 6) is -1.29. The van der Waals surface area contributed by atoms with Gasteiger partial charge in [-0.2, -0.15) is 8.42 Å². The van der Waals surface area contributed by atoms with Crippen LogP contribution in [0.2, 0.25) is 0 Å². The molecule has 2 rings (SSSR count). The highest BCUT2D eigenvalue weighted by Crippen LogP contribution is 2.27. The van der Waals surface area contributed by atoms with E-state index < -0.39 is 21.9 Å². The van der Waals surface area contributed by atoms with Gasteiger partial charge in [-0.1, -0.05) is 0 Å². The Morgan fingerprint density at radius 2 is 2.28 bits per heavy atom. The van der Waals surface area contributed by atoms with Crippen molar-refractivity contribution < 1.29 is 17.1 Å². The maximum Gasteiger partial charge on any atom is 0.302 e. The largest absolute Gasteiger partial charge is 0.310 e. The van der Waals surface area contributed by atoms with Crippen LogP contribution in [0.3, 0.4) is 0 Å². The van der Waals surface area contributed by atoms with Gasteiger partial charge in [0, 0.05) is 25.1 Å². The first-order chi connectivity index (χ1) is 8.37. The van der Waals surface area contributed by atoms with Crippen molar-refractivity contribution in [2.75, 3.05) is 17.2 Å². The molecule has 0 aromatic carbocycles. The normalized spacial score (nSPS) is 20.4. The van der Waals surface area contributed by atoms with E-state index in [1.54, 1.807) is 25.3 Å². The number of nitrogens with zero attached hydrogens (tertiary/aromatic N) is 2. The van der Waals surface area contributed by atoms with E-state index in [4.69, 9.17) is 0 Å². The van der Waals surface area contributed by atoms with E-state index in [0.29, 0.717) is 11.4 Å². The van der Waals surface area contributed by atoms with Gasteiger partial charge < -0.3 is 4.90 Å². The van der Waals surface area contributed by atoms with Crippen LogP contribution in [0.5, 0.6) is 0 Å². The van der Waals surface area contributed by atoms with Gasteiger partial charge in [0.1, 0.15) is 0 Å². The molecular formula is C11H13FN2O3S. The number of hydrogen-bond acceptors (Lipinski definition) is 4. The number of halogens is 1. The Morgan fingerprint density at radius 1 is 1.56 bits per heavy atom. The molecule has 1 aromatic heterocycles. The van der Waals surface area contributed by atoms with E-state index in [0.717, 1.165) is 0 Å². The van der Waals surface area contributed by atoms with Crippen LogP contribution in [0.25, 0.3) is 0 Å². The molecule has 0 saturated carbocycles. The monoisotopic (exact) mass is 272 g/mol. The average Bonchev–Trinajstić information content (AvgIpc) is 2.57. The zero-order valence-electron chi connectivity index (χ0n) is 9.84. The predicted octanol–water partition coefficient (Wildman–Crippen LogP) is 1.04. The van der Waals surface area contributed by atoms with Crippen molar-refractivity contribution in [1.29, 1.82) is 0 Å². The highest BCUT2D eigenvalue weighted by molar-refractivity contribution is 7.86. The number of carbonyl (C=O) groups is 1. The van der Waals surface area contributed by atoms with Crippen LogP contribution in [0, 0.1) is 12.8 Å². The maximum absolute atomic E-state index is 12.6. The Bertz CT molecular complexity index is 573. The Morgan fingerprint density at radius 3 is 2.89 bits per heavy atom. The maximum atomic E-state index is 12.6. The van der Waals surface area contributed by atoms with Crippen LogP contribution < -0.4 is 4.90 Å². The standard InChI is InChI=1S/C11H13FN2O3S/c1-8-10(3-2-4-13-8)14-6-9(5-11(14)15)7-18(12,16)17/h2-4,9H,5-7H2,1H3. The summed E-state index contributed by atoms with van der Waals surface area (Å²) in [6.45, 7) is 1.98. The lowest BCUT2D eigenvalue weighted by Gasteiger charge is -2.17. The predicted molar refractivity (Wildman–Crippen MR) is 64.3 cm³/mol. The van der Waals surface area contributed by atoms with Crippen molar-refractivity contribution in [2.24, 2.45) is 5.92 Å². The van der Waals surface area contributed by atoms with E-state index in [2.05, 4.69) is 4.98 Å². The van der Waals surface area contributed by atoms with Crippen LogP contribution in [-0.4, -0.2) is 31.6 Å². The minimum Gasteiger partial charge on any atom is -0.310 e. The van der Waals surface area contributed by atoms with Gasteiger partial charge in [-0.3, -0.25) is 9.78 Å². The molecular weight excluding hydrogens is 259 g/mol. The van der Waals surface area contributed by atoms with Gasteiger partial charge >= 0.3 is 10.2 Å². The highest BCUT2D eigenvalue weighted by atomic mass is 32.3. The van der Waals surface area contributed by atoms with Gasteiger partial charge in [-0.05, 0) is 19.1 Å². The minimum absolute atomic E-state index is 0.0531. The molecule has 5 nitrogen and oxygen atoms in total. The number of aryl methyl sites for hydroxylation is 1. The molecule has 2 heterocycles. The molecule has 1 aliphatic rings. The van der Waals surface area contributed by atoms with E-state index >= 15 is 0 Å². The molecule has 1 amide bonds. The third-order valence-corrected chi connectivity index (χ3v) is 3.78. The van der Waals surface area contributed by atoms with Crippen LogP contribution in [0.15, 0.2) is 18.3 Å². The number of carbonyl (C=O) groups excluding carboxylic acids is 1. The Kier molecular flexibility index (Phi) is 3.34. The second-order valence-electron chi connectivity index (χ2n) is 4.39. The molecule has 7 heteroatoms. The molecule has 1 aromatic rings. The highest BCUT2D eigenvalue weighted by Gasteiger charge is 2.34. The van der Waals surface area contributed by atoms with E-state index in [1.807, 2.05) is 0 Å². The van der Waals surface area contributed by atoms with Crippen molar-refractivity contribution in [1.82, 2.24) is 4.98 Å². The topological polar surface area (TPSA) is 67.3 Å². The molecule has 98 valence electrons. The van der Waals surface area contributed by atoms with Crippen molar-refractivity contribution in [2.45, 2.75) is 13.3 Å². The molecule has 0 radical (unpaired) electrons. The Balaban J connectivity index is 2.18. The van der Waals surface area contributed by atoms with Gasteiger partial charge in [-0.15, -0.1) is 3.89 Å². The number of aromatic nitrogens is 1. The molecule has 1 aliphatic heterocycles. The van der Waals surface area contributed by atoms with Crippen LogP contribution in [0.4, 0.5) is 9.57 Å². The summed E-state index contributed by atoms with van der Waals surface area (Å²) in [6.07, 6.45) is 1.67. The smallest absolute Gasteiger partial charge is 0.302 e. The fourth-order valence-corrected chi connectivity index (χ4v) is 2.95. The van der Waals surface area contributed by atoms with Crippen molar-refractivity contribution in [3.63, 3.8) is 0 Å². The Labute approximate surface area is 105 Å². The molecule has 1 fully saturated rings. The average molecular weight is 272 g/mol. The third-order valence-electron chi connectivity index (χ3n) is 2.91. The molecule has 1 atom stereocenters. The summed E-state index contributed by atoms with van der Waals surface area (Å²) >= 11 is 0. The molecule has 0 spiro atoms. The third kappa shape index (κ3) is 2.84.